The number of para-hydroxylation sites is 1. The molecule has 1 unspecified atom stereocenters. The van der Waals surface area contributed by atoms with Gasteiger partial charge in [0, 0.05) is 7.05 Å². The third-order valence-corrected chi connectivity index (χ3v) is 3.56. The van der Waals surface area contributed by atoms with Crippen LogP contribution in [0.1, 0.15) is 13.8 Å². The molecule has 0 radical (unpaired) electrons. The molecule has 104 valence electrons. The summed E-state index contributed by atoms with van der Waals surface area (Å²) in [7, 11) is 1.56. The van der Waals surface area contributed by atoms with Crippen LogP contribution >= 0.6 is 27.5 Å². The largest absolute Gasteiger partial charge is 0.465 e. The van der Waals surface area contributed by atoms with E-state index in [0.29, 0.717) is 10.7 Å². The molecule has 4 nitrogen and oxygen atoms in total. The minimum Gasteiger partial charge on any atom is -0.465 e. The van der Waals surface area contributed by atoms with E-state index in [1.807, 2.05) is 0 Å². The summed E-state index contributed by atoms with van der Waals surface area (Å²) in [6.07, 6.45) is 0. The first-order valence-electron chi connectivity index (χ1n) is 5.71. The maximum Gasteiger partial charge on any atom is 0.332 e. The van der Waals surface area contributed by atoms with Crippen molar-refractivity contribution in [2.24, 2.45) is 0 Å². The number of hydrogen-bond donors (Lipinski definition) is 0. The molecule has 0 spiro atoms. The first kappa shape index (κ1) is 16.0. The molecule has 1 rings (SSSR count). The minimum absolute atomic E-state index is 0.211. The number of carbonyl (C=O) groups is 2. The Balaban J connectivity index is 3.00. The van der Waals surface area contributed by atoms with Crippen LogP contribution in [0, 0.1) is 0 Å². The van der Waals surface area contributed by atoms with Crippen molar-refractivity contribution in [1.82, 2.24) is 0 Å². The molecule has 1 atom stereocenters. The fourth-order valence-electron chi connectivity index (χ4n) is 1.50. The van der Waals surface area contributed by atoms with Crippen molar-refractivity contribution >= 4 is 45.1 Å². The number of esters is 1. The first-order valence-corrected chi connectivity index (χ1v) is 6.88. The Labute approximate surface area is 125 Å². The number of amides is 1. The summed E-state index contributed by atoms with van der Waals surface area (Å²) < 4.78 is 3.44. The molecule has 19 heavy (non-hydrogen) atoms. The Hall–Kier alpha value is -1.07. The highest BCUT2D eigenvalue weighted by Gasteiger charge is 2.42. The van der Waals surface area contributed by atoms with Gasteiger partial charge in [-0.15, -0.1) is 0 Å². The lowest BCUT2D eigenvalue weighted by Crippen LogP contribution is -2.47. The van der Waals surface area contributed by atoms with Crippen molar-refractivity contribution in [3.63, 3.8) is 0 Å². The van der Waals surface area contributed by atoms with Crippen LogP contribution in [0.2, 0.25) is 5.02 Å². The molecule has 0 fully saturated rings. The van der Waals surface area contributed by atoms with E-state index in [4.69, 9.17) is 16.3 Å². The van der Waals surface area contributed by atoms with Gasteiger partial charge in [-0.3, -0.25) is 4.79 Å². The molecule has 0 saturated carbocycles. The zero-order chi connectivity index (χ0) is 14.6. The summed E-state index contributed by atoms with van der Waals surface area (Å²) in [4.78, 5) is 25.5. The van der Waals surface area contributed by atoms with Crippen LogP contribution in [-0.4, -0.2) is 29.9 Å². The number of alkyl halides is 1. The molecule has 0 heterocycles. The van der Waals surface area contributed by atoms with Gasteiger partial charge in [0.2, 0.25) is 0 Å². The molecule has 0 aliphatic carbocycles. The van der Waals surface area contributed by atoms with E-state index in [1.54, 1.807) is 38.2 Å². The first-order chi connectivity index (χ1) is 8.82. The van der Waals surface area contributed by atoms with Gasteiger partial charge in [0.15, 0.2) is 4.32 Å². The van der Waals surface area contributed by atoms with Crippen molar-refractivity contribution in [3.05, 3.63) is 29.3 Å². The van der Waals surface area contributed by atoms with Crippen molar-refractivity contribution < 1.29 is 14.3 Å². The minimum atomic E-state index is -1.43. The summed E-state index contributed by atoms with van der Waals surface area (Å²) in [5, 5.41) is 0.436. The molecular formula is C13H15BrClNO3. The SMILES string of the molecule is CCOC(=O)C(C)(Br)C(=O)N(C)c1ccccc1Cl. The van der Waals surface area contributed by atoms with Crippen molar-refractivity contribution in [2.45, 2.75) is 18.2 Å². The van der Waals surface area contributed by atoms with E-state index in [0.717, 1.165) is 0 Å². The van der Waals surface area contributed by atoms with E-state index in [2.05, 4.69) is 15.9 Å². The maximum absolute atomic E-state index is 12.4. The molecule has 1 aromatic carbocycles. The number of anilines is 1. The predicted octanol–water partition coefficient (Wildman–Crippen LogP) is 3.02. The fourth-order valence-corrected chi connectivity index (χ4v) is 2.14. The number of benzene rings is 1. The number of carbonyl (C=O) groups excluding carboxylic acids is 2. The number of ether oxygens (including phenoxy) is 1. The molecule has 0 aliphatic rings. The van der Waals surface area contributed by atoms with Crippen LogP contribution in [0.15, 0.2) is 24.3 Å². The van der Waals surface area contributed by atoms with Gasteiger partial charge in [0.05, 0.1) is 17.3 Å². The molecule has 0 saturated heterocycles. The predicted molar refractivity (Wildman–Crippen MR) is 78.8 cm³/mol. The second kappa shape index (κ2) is 6.39. The molecular weight excluding hydrogens is 334 g/mol. The van der Waals surface area contributed by atoms with Crippen molar-refractivity contribution in [3.8, 4) is 0 Å². The van der Waals surface area contributed by atoms with Crippen LogP contribution in [0.4, 0.5) is 5.69 Å². The Morgan fingerprint density at radius 2 is 2.00 bits per heavy atom. The van der Waals surface area contributed by atoms with Gasteiger partial charge in [0.25, 0.3) is 5.91 Å². The highest BCUT2D eigenvalue weighted by atomic mass is 79.9. The third kappa shape index (κ3) is 3.48. The van der Waals surface area contributed by atoms with E-state index in [1.165, 1.54) is 11.8 Å². The topological polar surface area (TPSA) is 46.6 Å². The maximum atomic E-state index is 12.4. The van der Waals surface area contributed by atoms with E-state index < -0.39 is 16.2 Å². The number of hydrogen-bond acceptors (Lipinski definition) is 3. The molecule has 0 aromatic heterocycles. The smallest absolute Gasteiger partial charge is 0.332 e. The molecule has 0 bridgehead atoms. The standard InChI is InChI=1S/C13H15BrClNO3/c1-4-19-12(18)13(2,14)11(17)16(3)10-8-6-5-7-9(10)15/h5-8H,4H2,1-3H3. The monoisotopic (exact) mass is 347 g/mol. The van der Waals surface area contributed by atoms with E-state index >= 15 is 0 Å². The summed E-state index contributed by atoms with van der Waals surface area (Å²) in [6.45, 7) is 3.35. The van der Waals surface area contributed by atoms with E-state index in [-0.39, 0.29) is 6.61 Å². The van der Waals surface area contributed by atoms with Gasteiger partial charge >= 0.3 is 5.97 Å². The zero-order valence-electron chi connectivity index (χ0n) is 10.9. The molecule has 0 N–H and O–H groups in total. The second-order valence-corrected chi connectivity index (χ2v) is 6.03. The van der Waals surface area contributed by atoms with Crippen LogP contribution in [0.5, 0.6) is 0 Å². The Kier molecular flexibility index (Phi) is 5.38. The second-order valence-electron chi connectivity index (χ2n) is 4.04. The average molecular weight is 349 g/mol. The third-order valence-electron chi connectivity index (χ3n) is 2.58. The summed E-state index contributed by atoms with van der Waals surface area (Å²) in [5.41, 5.74) is 0.532. The number of halogens is 2. The van der Waals surface area contributed by atoms with Gasteiger partial charge < -0.3 is 9.64 Å². The van der Waals surface area contributed by atoms with Crippen LogP contribution in [0.3, 0.4) is 0 Å². The van der Waals surface area contributed by atoms with Crippen molar-refractivity contribution in [1.29, 1.82) is 0 Å². The van der Waals surface area contributed by atoms with Gasteiger partial charge in [0.1, 0.15) is 0 Å². The molecule has 1 amide bonds. The Morgan fingerprint density at radius 3 is 2.53 bits per heavy atom. The lowest BCUT2D eigenvalue weighted by molar-refractivity contribution is -0.148. The normalized spacial score (nSPS) is 13.5. The Bertz CT molecular complexity index is 491. The number of nitrogens with zero attached hydrogens (tertiary/aromatic N) is 1. The van der Waals surface area contributed by atoms with Gasteiger partial charge in [-0.05, 0) is 26.0 Å². The fraction of sp³-hybridized carbons (Fsp3) is 0.385. The van der Waals surface area contributed by atoms with Gasteiger partial charge in [-0.25, -0.2) is 4.79 Å². The molecule has 1 aromatic rings. The lowest BCUT2D eigenvalue weighted by Gasteiger charge is -2.26. The molecule has 6 heteroatoms. The van der Waals surface area contributed by atoms with Crippen LogP contribution in [0.25, 0.3) is 0 Å². The summed E-state index contributed by atoms with van der Waals surface area (Å²) in [5.74, 6) is -1.07. The Morgan fingerprint density at radius 1 is 1.42 bits per heavy atom. The summed E-state index contributed by atoms with van der Waals surface area (Å²) in [6, 6.07) is 6.91. The van der Waals surface area contributed by atoms with Crippen LogP contribution < -0.4 is 4.90 Å². The van der Waals surface area contributed by atoms with Gasteiger partial charge in [-0.2, -0.15) is 0 Å². The average Bonchev–Trinajstić information content (AvgIpc) is 2.37. The number of rotatable bonds is 4. The van der Waals surface area contributed by atoms with Crippen LogP contribution in [-0.2, 0) is 14.3 Å². The highest BCUT2D eigenvalue weighted by Crippen LogP contribution is 2.29. The molecule has 0 aliphatic heterocycles. The summed E-state index contributed by atoms with van der Waals surface area (Å²) >= 11 is 9.16. The van der Waals surface area contributed by atoms with Crippen molar-refractivity contribution in [2.75, 3.05) is 18.6 Å². The zero-order valence-corrected chi connectivity index (χ0v) is 13.3. The van der Waals surface area contributed by atoms with Gasteiger partial charge in [-0.1, -0.05) is 39.7 Å². The van der Waals surface area contributed by atoms with E-state index in [9.17, 15) is 9.59 Å². The highest BCUT2D eigenvalue weighted by molar-refractivity contribution is 9.10. The quantitative estimate of drug-likeness (QED) is 0.477. The lowest BCUT2D eigenvalue weighted by atomic mass is 10.1.